The number of halogens is 2. The third kappa shape index (κ3) is 2.77. The molecule has 2 aromatic rings. The number of nitrogens with one attached hydrogen (secondary N) is 1. The number of carbonyl (C=O) groups excluding carboxylic acids is 1. The average molecular weight is 417 g/mol. The molecule has 3 nitrogen and oxygen atoms in total. The van der Waals surface area contributed by atoms with E-state index in [-0.39, 0.29) is 10.7 Å². The quantitative estimate of drug-likeness (QED) is 0.748. The number of amides is 1. The van der Waals surface area contributed by atoms with Crippen molar-refractivity contribution in [1.82, 2.24) is 5.32 Å². The number of fused-ring (bicyclic) bond motifs is 1. The molecular formula is C14H11Br2NO2S. The third-order valence-corrected chi connectivity index (χ3v) is 5.65. The number of carbonyl (C=O) groups is 1. The molecule has 3 rings (SSSR count). The Kier molecular flexibility index (Phi) is 4.14. The van der Waals surface area contributed by atoms with E-state index in [1.54, 1.807) is 11.3 Å². The van der Waals surface area contributed by atoms with Crippen LogP contribution in [0.15, 0.2) is 33.4 Å². The molecule has 0 radical (unpaired) electrons. The second kappa shape index (κ2) is 5.87. The van der Waals surface area contributed by atoms with Crippen molar-refractivity contribution >= 4 is 49.1 Å². The van der Waals surface area contributed by atoms with Gasteiger partial charge in [-0.3, -0.25) is 4.79 Å². The van der Waals surface area contributed by atoms with Gasteiger partial charge in [-0.05, 0) is 50.6 Å². The molecule has 0 fully saturated rings. The van der Waals surface area contributed by atoms with E-state index in [0.717, 1.165) is 14.9 Å². The smallest absolute Gasteiger partial charge is 0.255 e. The summed E-state index contributed by atoms with van der Waals surface area (Å²) in [6.07, 6.45) is 0. The summed E-state index contributed by atoms with van der Waals surface area (Å²) in [7, 11) is 0. The molecule has 1 atom stereocenters. The van der Waals surface area contributed by atoms with Crippen molar-refractivity contribution in [2.45, 2.75) is 4.83 Å². The molecule has 1 unspecified atom stereocenters. The van der Waals surface area contributed by atoms with Gasteiger partial charge in [0.25, 0.3) is 5.91 Å². The Morgan fingerprint density at radius 3 is 2.90 bits per heavy atom. The first kappa shape index (κ1) is 14.1. The predicted molar refractivity (Wildman–Crippen MR) is 87.1 cm³/mol. The number of hydrogen-bond donors (Lipinski definition) is 1. The van der Waals surface area contributed by atoms with Gasteiger partial charge in [-0.15, -0.1) is 11.3 Å². The Bertz CT molecular complexity index is 656. The fraction of sp³-hybridized carbons (Fsp3) is 0.214. The molecule has 1 N–H and O–H groups in total. The van der Waals surface area contributed by atoms with Crippen molar-refractivity contribution < 1.29 is 9.53 Å². The number of thiophene rings is 1. The molecule has 0 saturated carbocycles. The largest absolute Gasteiger partial charge is 0.491 e. The Hall–Kier alpha value is -0.850. The van der Waals surface area contributed by atoms with E-state index in [4.69, 9.17) is 4.74 Å². The molecule has 0 bridgehead atoms. The van der Waals surface area contributed by atoms with Crippen LogP contribution in [0.25, 0.3) is 0 Å². The van der Waals surface area contributed by atoms with Crippen LogP contribution in [-0.4, -0.2) is 19.1 Å². The van der Waals surface area contributed by atoms with E-state index in [1.807, 2.05) is 18.2 Å². The van der Waals surface area contributed by atoms with Gasteiger partial charge in [-0.25, -0.2) is 0 Å². The predicted octanol–water partition coefficient (Wildman–Crippen LogP) is 4.12. The molecule has 0 saturated heterocycles. The maximum atomic E-state index is 12.0. The summed E-state index contributed by atoms with van der Waals surface area (Å²) in [6.45, 7) is 1.05. The fourth-order valence-corrected chi connectivity index (χ4v) is 4.00. The summed E-state index contributed by atoms with van der Waals surface area (Å²) in [6, 6.07) is 7.82. The van der Waals surface area contributed by atoms with Crippen molar-refractivity contribution in [3.63, 3.8) is 0 Å². The minimum atomic E-state index is -0.0782. The van der Waals surface area contributed by atoms with Gasteiger partial charge in [0, 0.05) is 0 Å². The average Bonchev–Trinajstić information content (AvgIpc) is 2.80. The summed E-state index contributed by atoms with van der Waals surface area (Å²) >= 11 is 8.80. The van der Waals surface area contributed by atoms with Crippen LogP contribution in [-0.2, 0) is 0 Å². The van der Waals surface area contributed by atoms with Crippen molar-refractivity contribution in [1.29, 1.82) is 0 Å². The zero-order valence-corrected chi connectivity index (χ0v) is 14.3. The number of ether oxygens (including phenoxy) is 1. The van der Waals surface area contributed by atoms with E-state index in [1.165, 1.54) is 0 Å². The Morgan fingerprint density at radius 1 is 1.30 bits per heavy atom. The van der Waals surface area contributed by atoms with Crippen LogP contribution in [0.1, 0.15) is 26.3 Å². The van der Waals surface area contributed by atoms with Crippen molar-refractivity contribution in [3.8, 4) is 5.75 Å². The molecule has 1 aromatic heterocycles. The zero-order chi connectivity index (χ0) is 14.1. The van der Waals surface area contributed by atoms with Gasteiger partial charge < -0.3 is 10.1 Å². The number of hydrogen-bond acceptors (Lipinski definition) is 3. The van der Waals surface area contributed by atoms with Crippen LogP contribution in [0.5, 0.6) is 5.75 Å². The Labute approximate surface area is 137 Å². The summed E-state index contributed by atoms with van der Waals surface area (Å²) in [5.74, 6) is 0.570. The lowest BCUT2D eigenvalue weighted by atomic mass is 10.0. The fourth-order valence-electron chi connectivity index (χ4n) is 2.08. The first-order valence-corrected chi connectivity index (χ1v) is 8.67. The molecule has 20 heavy (non-hydrogen) atoms. The monoisotopic (exact) mass is 415 g/mol. The van der Waals surface area contributed by atoms with Gasteiger partial charge in [0.15, 0.2) is 0 Å². The molecule has 1 amide bonds. The second-order valence-corrected chi connectivity index (χ2v) is 7.61. The van der Waals surface area contributed by atoms with Gasteiger partial charge >= 0.3 is 0 Å². The molecule has 2 heterocycles. The highest BCUT2D eigenvalue weighted by molar-refractivity contribution is 9.11. The van der Waals surface area contributed by atoms with E-state index in [0.29, 0.717) is 24.5 Å². The molecular weight excluding hydrogens is 406 g/mol. The first-order valence-electron chi connectivity index (χ1n) is 6.08. The summed E-state index contributed by atoms with van der Waals surface area (Å²) < 4.78 is 6.65. The lowest BCUT2D eigenvalue weighted by Crippen LogP contribution is -2.24. The lowest BCUT2D eigenvalue weighted by molar-refractivity contribution is 0.0957. The van der Waals surface area contributed by atoms with E-state index >= 15 is 0 Å². The van der Waals surface area contributed by atoms with Gasteiger partial charge in [-0.1, -0.05) is 22.0 Å². The molecule has 0 spiro atoms. The van der Waals surface area contributed by atoms with Crippen molar-refractivity contribution in [2.24, 2.45) is 0 Å². The minimum absolute atomic E-state index is 0.0615. The summed E-state index contributed by atoms with van der Waals surface area (Å²) in [5, 5.41) is 4.92. The summed E-state index contributed by atoms with van der Waals surface area (Å²) in [4.78, 5) is 12.1. The Balaban J connectivity index is 1.97. The highest BCUT2D eigenvalue weighted by atomic mass is 79.9. The highest BCUT2D eigenvalue weighted by Gasteiger charge is 2.19. The lowest BCUT2D eigenvalue weighted by Gasteiger charge is -2.12. The second-order valence-electron chi connectivity index (χ2n) is 4.41. The van der Waals surface area contributed by atoms with E-state index in [2.05, 4.69) is 48.6 Å². The molecule has 1 aliphatic heterocycles. The zero-order valence-electron chi connectivity index (χ0n) is 10.4. The minimum Gasteiger partial charge on any atom is -0.491 e. The van der Waals surface area contributed by atoms with Crippen LogP contribution < -0.4 is 10.1 Å². The Morgan fingerprint density at radius 2 is 2.15 bits per heavy atom. The first-order chi connectivity index (χ1) is 9.65. The van der Waals surface area contributed by atoms with Gasteiger partial charge in [0.2, 0.25) is 0 Å². The van der Waals surface area contributed by atoms with Crippen molar-refractivity contribution in [2.75, 3.05) is 13.2 Å². The maximum absolute atomic E-state index is 12.0. The van der Waals surface area contributed by atoms with Crippen LogP contribution in [0.4, 0.5) is 0 Å². The van der Waals surface area contributed by atoms with Crippen molar-refractivity contribution in [3.05, 3.63) is 50.1 Å². The van der Waals surface area contributed by atoms with Crippen LogP contribution in [0.2, 0.25) is 0 Å². The van der Waals surface area contributed by atoms with E-state index < -0.39 is 0 Å². The standard InChI is InChI=1S/C14H11Br2NO2S/c15-12-6-9(7-20-12)13(16)8-1-2-11-10(5-8)14(18)17-3-4-19-11/h1-2,5-7,13H,3-4H2,(H,17,18). The highest BCUT2D eigenvalue weighted by Crippen LogP contribution is 2.37. The summed E-state index contributed by atoms with van der Waals surface area (Å²) in [5.41, 5.74) is 2.80. The van der Waals surface area contributed by atoms with E-state index in [9.17, 15) is 4.79 Å². The van der Waals surface area contributed by atoms with Gasteiger partial charge in [0.1, 0.15) is 12.4 Å². The maximum Gasteiger partial charge on any atom is 0.255 e. The molecule has 0 aliphatic carbocycles. The van der Waals surface area contributed by atoms with Gasteiger partial charge in [-0.2, -0.15) is 0 Å². The number of rotatable bonds is 2. The SMILES string of the molecule is O=C1NCCOc2ccc(C(Br)c3csc(Br)c3)cc21. The molecule has 6 heteroatoms. The third-order valence-electron chi connectivity index (χ3n) is 3.07. The normalized spacial score (nSPS) is 15.8. The number of alkyl halides is 1. The molecule has 1 aliphatic rings. The van der Waals surface area contributed by atoms with Gasteiger partial charge in [0.05, 0.1) is 20.7 Å². The molecule has 104 valence electrons. The number of benzene rings is 1. The van der Waals surface area contributed by atoms with Crippen LogP contribution in [0, 0.1) is 0 Å². The topological polar surface area (TPSA) is 38.3 Å². The van der Waals surface area contributed by atoms with Crippen LogP contribution in [0.3, 0.4) is 0 Å². The molecule has 1 aromatic carbocycles. The van der Waals surface area contributed by atoms with Crippen LogP contribution >= 0.6 is 43.2 Å².